The van der Waals surface area contributed by atoms with Gasteiger partial charge in [0.1, 0.15) is 12.4 Å². The van der Waals surface area contributed by atoms with Gasteiger partial charge >= 0.3 is 23.6 Å². The number of rotatable bonds is 9. The van der Waals surface area contributed by atoms with Gasteiger partial charge in [0.25, 0.3) is 0 Å². The topological polar surface area (TPSA) is 198 Å². The number of hydrogen-bond donors (Lipinski definition) is 1. The molecule has 2 rings (SSSR count). The maximum absolute atomic E-state index is 12.6. The summed E-state index contributed by atoms with van der Waals surface area (Å²) in [5, 5.41) is 3.66. The Kier molecular flexibility index (Phi) is 10.7. The highest BCUT2D eigenvalue weighted by Crippen LogP contribution is 2.42. The summed E-state index contributed by atoms with van der Waals surface area (Å²) in [4.78, 5) is 56.4. The van der Waals surface area contributed by atoms with E-state index in [1.165, 1.54) is 12.3 Å². The summed E-state index contributed by atoms with van der Waals surface area (Å²) in [6.45, 7) is 8.76. The highest BCUT2D eigenvalue weighted by Gasteiger charge is 2.61. The van der Waals surface area contributed by atoms with Crippen molar-refractivity contribution >= 4 is 36.1 Å². The third-order valence-electron chi connectivity index (χ3n) is 5.02. The molecule has 1 aromatic rings. The van der Waals surface area contributed by atoms with E-state index < -0.39 is 72.1 Å². The normalized spacial score (nSPS) is 23.1. The van der Waals surface area contributed by atoms with E-state index in [2.05, 4.69) is 15.0 Å². The molecule has 0 amide bonds. The van der Waals surface area contributed by atoms with Crippen molar-refractivity contribution < 1.29 is 33.3 Å². The number of halogens is 1. The van der Waals surface area contributed by atoms with Gasteiger partial charge in [0.2, 0.25) is 5.72 Å². The summed E-state index contributed by atoms with van der Waals surface area (Å²) in [6, 6.07) is 1.30. The van der Waals surface area contributed by atoms with Crippen molar-refractivity contribution in [3.8, 4) is 0 Å². The summed E-state index contributed by atoms with van der Waals surface area (Å²) < 4.78 is 23.3. The molecule has 2 N–H and O–H groups in total. The molecule has 4 atom stereocenters. The second kappa shape index (κ2) is 12.6. The molecule has 1 aliphatic rings. The first-order valence-corrected chi connectivity index (χ1v) is 11.0. The average molecular weight is 531 g/mol. The van der Waals surface area contributed by atoms with Crippen LogP contribution < -0.4 is 11.4 Å². The predicted molar refractivity (Wildman–Crippen MR) is 127 cm³/mol. The van der Waals surface area contributed by atoms with Gasteiger partial charge in [0, 0.05) is 11.1 Å². The summed E-state index contributed by atoms with van der Waals surface area (Å²) in [6.07, 6.45) is -3.28. The molecule has 1 unspecified atom stereocenters. The van der Waals surface area contributed by atoms with E-state index in [0.717, 1.165) is 4.57 Å². The molecule has 15 heteroatoms. The fraction of sp³-hybridized carbons (Fsp3) is 0.667. The zero-order valence-corrected chi connectivity index (χ0v) is 21.6. The number of anilines is 1. The molecule has 0 aliphatic carbocycles. The fourth-order valence-electron chi connectivity index (χ4n) is 3.04. The average Bonchev–Trinajstić information content (AvgIpc) is 3.05. The standard InChI is InChI=1S/C21H30N6O8.ClH/c1-10(2)17(28)32-9-21(25-26-23)15(34-19(30)12(5)6)14(33-18(29)11(3)4)16(35-21)27-8-7-13(22)24-20(27)31;/h7-8,10-12,14-16H,9H2,1-6H3,(H2,22,24,31);1H/t14-,15+,16-,21?;/m1./s1. The third-order valence-corrected chi connectivity index (χ3v) is 5.02. The summed E-state index contributed by atoms with van der Waals surface area (Å²) in [7, 11) is 0. The number of carbonyl (C=O) groups excluding carboxylic acids is 3. The number of carbonyl (C=O) groups is 3. The molecule has 0 radical (unpaired) electrons. The Hall–Kier alpha value is -3.35. The van der Waals surface area contributed by atoms with Crippen LogP contribution in [0.4, 0.5) is 5.82 Å². The molecule has 1 aliphatic heterocycles. The number of hydrogen-bond acceptors (Lipinski definition) is 11. The predicted octanol–water partition coefficient (Wildman–Crippen LogP) is 2.12. The van der Waals surface area contributed by atoms with Gasteiger partial charge in [-0.1, -0.05) is 46.7 Å². The van der Waals surface area contributed by atoms with Gasteiger partial charge in [-0.2, -0.15) is 4.98 Å². The van der Waals surface area contributed by atoms with Gasteiger partial charge in [-0.25, -0.2) is 4.79 Å². The van der Waals surface area contributed by atoms with E-state index in [4.69, 9.17) is 24.7 Å². The molecule has 0 aromatic carbocycles. The molecule has 200 valence electrons. The number of nitrogens with two attached hydrogens (primary N) is 1. The minimum atomic E-state index is -2.17. The smallest absolute Gasteiger partial charge is 0.351 e. The first-order valence-electron chi connectivity index (χ1n) is 11.0. The van der Waals surface area contributed by atoms with Crippen molar-refractivity contribution in [1.29, 1.82) is 0 Å². The maximum Gasteiger partial charge on any atom is 0.351 e. The molecular weight excluding hydrogens is 500 g/mol. The minimum Gasteiger partial charge on any atom is -0.462 e. The summed E-state index contributed by atoms with van der Waals surface area (Å²) in [5.41, 5.74) is 11.9. The van der Waals surface area contributed by atoms with E-state index in [1.807, 2.05) is 0 Å². The number of ether oxygens (including phenoxy) is 4. The quantitative estimate of drug-likeness (QED) is 0.162. The van der Waals surface area contributed by atoms with Crippen LogP contribution in [-0.2, 0) is 33.3 Å². The lowest BCUT2D eigenvalue weighted by molar-refractivity contribution is -0.182. The van der Waals surface area contributed by atoms with Crippen molar-refractivity contribution in [3.63, 3.8) is 0 Å². The molecule has 0 spiro atoms. The van der Waals surface area contributed by atoms with E-state index in [-0.39, 0.29) is 18.2 Å². The van der Waals surface area contributed by atoms with Gasteiger partial charge in [-0.3, -0.25) is 19.0 Å². The molecule has 1 fully saturated rings. The molecule has 36 heavy (non-hydrogen) atoms. The van der Waals surface area contributed by atoms with Crippen LogP contribution in [-0.4, -0.2) is 52.0 Å². The van der Waals surface area contributed by atoms with Gasteiger partial charge in [0.05, 0.1) is 17.8 Å². The van der Waals surface area contributed by atoms with Crippen LogP contribution in [0.15, 0.2) is 22.2 Å². The SMILES string of the molecule is CC(C)C(=O)OCC1(N=[N+]=[N-])O[C@@H](n2ccc(N)nc2=O)[C@H](OC(=O)C(C)C)[C@@H]1OC(=O)C(C)C.Cl. The third kappa shape index (κ3) is 6.86. The molecule has 1 saturated heterocycles. The van der Waals surface area contributed by atoms with Gasteiger partial charge in [-0.15, -0.1) is 12.4 Å². The highest BCUT2D eigenvalue weighted by atomic mass is 35.5. The van der Waals surface area contributed by atoms with Crippen LogP contribution in [0.2, 0.25) is 0 Å². The molecule has 0 saturated carbocycles. The largest absolute Gasteiger partial charge is 0.462 e. The fourth-order valence-corrected chi connectivity index (χ4v) is 3.04. The zero-order chi connectivity index (χ0) is 26.5. The molecule has 1 aromatic heterocycles. The lowest BCUT2D eigenvalue weighted by Crippen LogP contribution is -2.50. The number of azide groups is 1. The molecule has 0 bridgehead atoms. The second-order valence-electron chi connectivity index (χ2n) is 8.92. The van der Waals surface area contributed by atoms with Crippen LogP contribution in [0.1, 0.15) is 47.8 Å². The van der Waals surface area contributed by atoms with E-state index in [9.17, 15) is 24.7 Å². The zero-order valence-electron chi connectivity index (χ0n) is 20.8. The first-order chi connectivity index (χ1) is 16.3. The maximum atomic E-state index is 12.6. The number of aromatic nitrogens is 2. The van der Waals surface area contributed by atoms with Crippen molar-refractivity contribution in [2.45, 2.75) is 65.7 Å². The van der Waals surface area contributed by atoms with E-state index in [1.54, 1.807) is 41.5 Å². The Morgan fingerprint density at radius 3 is 2.19 bits per heavy atom. The monoisotopic (exact) mass is 530 g/mol. The van der Waals surface area contributed by atoms with Crippen LogP contribution in [0.3, 0.4) is 0 Å². The Labute approximate surface area is 213 Å². The van der Waals surface area contributed by atoms with Crippen molar-refractivity contribution in [2.75, 3.05) is 12.3 Å². The van der Waals surface area contributed by atoms with Crippen molar-refractivity contribution in [2.24, 2.45) is 22.9 Å². The Bertz CT molecular complexity index is 1070. The summed E-state index contributed by atoms with van der Waals surface area (Å²) in [5.74, 6) is -3.94. The minimum absolute atomic E-state index is 0. The van der Waals surface area contributed by atoms with Gasteiger partial charge < -0.3 is 24.7 Å². The Balaban J connectivity index is 0.00000648. The Morgan fingerprint density at radius 1 is 1.14 bits per heavy atom. The number of nitrogen functional groups attached to an aromatic ring is 1. The van der Waals surface area contributed by atoms with Crippen LogP contribution >= 0.6 is 12.4 Å². The Morgan fingerprint density at radius 2 is 1.69 bits per heavy atom. The van der Waals surface area contributed by atoms with Crippen LogP contribution in [0.25, 0.3) is 10.4 Å². The van der Waals surface area contributed by atoms with E-state index in [0.29, 0.717) is 0 Å². The highest BCUT2D eigenvalue weighted by molar-refractivity contribution is 5.85. The van der Waals surface area contributed by atoms with Gasteiger partial charge in [-0.05, 0) is 11.6 Å². The van der Waals surface area contributed by atoms with Crippen LogP contribution in [0, 0.1) is 17.8 Å². The molecule has 2 heterocycles. The second-order valence-corrected chi connectivity index (χ2v) is 8.92. The van der Waals surface area contributed by atoms with Gasteiger partial charge in [0.15, 0.2) is 18.4 Å². The lowest BCUT2D eigenvalue weighted by Gasteiger charge is -2.30. The first kappa shape index (κ1) is 30.7. The molecule has 14 nitrogen and oxygen atoms in total. The van der Waals surface area contributed by atoms with Crippen molar-refractivity contribution in [3.05, 3.63) is 33.2 Å². The number of nitrogens with zero attached hydrogens (tertiary/aromatic N) is 5. The lowest BCUT2D eigenvalue weighted by atomic mass is 10.0. The number of esters is 3. The van der Waals surface area contributed by atoms with Crippen molar-refractivity contribution in [1.82, 2.24) is 9.55 Å². The van der Waals surface area contributed by atoms with Crippen LogP contribution in [0.5, 0.6) is 0 Å². The van der Waals surface area contributed by atoms with E-state index >= 15 is 0 Å². The molecular formula is C21H31ClN6O8. The summed E-state index contributed by atoms with van der Waals surface area (Å²) >= 11 is 0.